The van der Waals surface area contributed by atoms with Crippen LogP contribution in [-0.2, 0) is 10.0 Å². The predicted molar refractivity (Wildman–Crippen MR) is 75.7 cm³/mol. The van der Waals surface area contributed by atoms with Gasteiger partial charge in [-0.05, 0) is 24.7 Å². The maximum atomic E-state index is 13.4. The maximum absolute atomic E-state index is 13.4. The summed E-state index contributed by atoms with van der Waals surface area (Å²) >= 11 is 0. The number of hydrogen-bond donors (Lipinski definition) is 3. The highest BCUT2D eigenvalue weighted by Gasteiger charge is 2.12. The molecule has 3 N–H and O–H groups in total. The van der Waals surface area contributed by atoms with E-state index in [9.17, 15) is 17.6 Å². The molecule has 1 rings (SSSR count). The van der Waals surface area contributed by atoms with Gasteiger partial charge in [0.2, 0.25) is 10.0 Å². The van der Waals surface area contributed by atoms with Gasteiger partial charge in [0.05, 0.1) is 11.9 Å². The molecule has 0 aliphatic rings. The Morgan fingerprint density at radius 3 is 2.60 bits per heavy atom. The molecule has 0 heterocycles. The summed E-state index contributed by atoms with van der Waals surface area (Å²) < 4.78 is 37.7. The van der Waals surface area contributed by atoms with Crippen LogP contribution in [0, 0.1) is 5.82 Å². The highest BCUT2D eigenvalue weighted by Crippen LogP contribution is 2.17. The summed E-state index contributed by atoms with van der Waals surface area (Å²) in [6.07, 6.45) is 0.912. The largest absolute Gasteiger partial charge is 0.351 e. The van der Waals surface area contributed by atoms with Crippen molar-refractivity contribution < 1.29 is 17.6 Å². The van der Waals surface area contributed by atoms with E-state index in [0.29, 0.717) is 13.1 Å². The SMILES string of the molecule is CCNCCNC(=O)c1ccc(F)c(NS(C)(=O)=O)c1. The van der Waals surface area contributed by atoms with Crippen molar-refractivity contribution in [2.75, 3.05) is 30.6 Å². The summed E-state index contributed by atoms with van der Waals surface area (Å²) in [7, 11) is -3.60. The topological polar surface area (TPSA) is 87.3 Å². The first-order valence-corrected chi connectivity index (χ1v) is 7.99. The molecular formula is C12H18FN3O3S. The van der Waals surface area contributed by atoms with Crippen LogP contribution in [0.1, 0.15) is 17.3 Å². The van der Waals surface area contributed by atoms with Gasteiger partial charge in [0.25, 0.3) is 5.91 Å². The van der Waals surface area contributed by atoms with Crippen molar-refractivity contribution >= 4 is 21.6 Å². The molecule has 0 radical (unpaired) electrons. The number of rotatable bonds is 7. The van der Waals surface area contributed by atoms with Gasteiger partial charge in [0, 0.05) is 18.7 Å². The molecule has 1 aromatic rings. The third-order valence-corrected chi connectivity index (χ3v) is 2.95. The summed E-state index contributed by atoms with van der Waals surface area (Å²) in [5, 5.41) is 5.68. The maximum Gasteiger partial charge on any atom is 0.251 e. The number of halogens is 1. The zero-order valence-corrected chi connectivity index (χ0v) is 12.2. The Hall–Kier alpha value is -1.67. The zero-order chi connectivity index (χ0) is 15.2. The van der Waals surface area contributed by atoms with Crippen LogP contribution in [0.4, 0.5) is 10.1 Å². The molecule has 1 amide bonds. The molecule has 6 nitrogen and oxygen atoms in total. The van der Waals surface area contributed by atoms with Crippen molar-refractivity contribution in [3.8, 4) is 0 Å². The number of sulfonamides is 1. The molecule has 0 saturated heterocycles. The molecule has 8 heteroatoms. The third-order valence-electron chi connectivity index (χ3n) is 2.36. The van der Waals surface area contributed by atoms with Crippen LogP contribution in [-0.4, -0.2) is 40.2 Å². The van der Waals surface area contributed by atoms with Gasteiger partial charge in [-0.15, -0.1) is 0 Å². The fourth-order valence-electron chi connectivity index (χ4n) is 1.49. The average Bonchev–Trinajstić information content (AvgIpc) is 2.35. The monoisotopic (exact) mass is 303 g/mol. The normalized spacial score (nSPS) is 11.2. The lowest BCUT2D eigenvalue weighted by atomic mass is 10.2. The number of benzene rings is 1. The van der Waals surface area contributed by atoms with Gasteiger partial charge in [0.1, 0.15) is 5.82 Å². The van der Waals surface area contributed by atoms with Gasteiger partial charge in [-0.25, -0.2) is 12.8 Å². The highest BCUT2D eigenvalue weighted by atomic mass is 32.2. The van der Waals surface area contributed by atoms with Crippen molar-refractivity contribution in [3.05, 3.63) is 29.6 Å². The summed E-state index contributed by atoms with van der Waals surface area (Å²) in [6, 6.07) is 3.51. The van der Waals surface area contributed by atoms with E-state index in [1.807, 2.05) is 11.6 Å². The molecule has 0 aliphatic carbocycles. The van der Waals surface area contributed by atoms with Crippen LogP contribution in [0.25, 0.3) is 0 Å². The van der Waals surface area contributed by atoms with Gasteiger partial charge < -0.3 is 10.6 Å². The Morgan fingerprint density at radius 1 is 1.30 bits per heavy atom. The second-order valence-electron chi connectivity index (χ2n) is 4.18. The number of carbonyl (C=O) groups excluding carboxylic acids is 1. The Bertz CT molecular complexity index is 575. The quantitative estimate of drug-likeness (QED) is 0.642. The third kappa shape index (κ3) is 5.54. The molecule has 0 bridgehead atoms. The minimum atomic E-state index is -3.60. The lowest BCUT2D eigenvalue weighted by molar-refractivity contribution is 0.0954. The van der Waals surface area contributed by atoms with Gasteiger partial charge in [-0.3, -0.25) is 9.52 Å². The van der Waals surface area contributed by atoms with Crippen LogP contribution >= 0.6 is 0 Å². The molecule has 20 heavy (non-hydrogen) atoms. The van der Waals surface area contributed by atoms with Crippen LogP contribution in [0.15, 0.2) is 18.2 Å². The van der Waals surface area contributed by atoms with E-state index >= 15 is 0 Å². The van der Waals surface area contributed by atoms with Crippen molar-refractivity contribution in [2.24, 2.45) is 0 Å². The second kappa shape index (κ2) is 7.20. The van der Waals surface area contributed by atoms with E-state index in [4.69, 9.17) is 0 Å². The van der Waals surface area contributed by atoms with Crippen molar-refractivity contribution in [1.29, 1.82) is 0 Å². The Kier molecular flexibility index (Phi) is 5.90. The van der Waals surface area contributed by atoms with Crippen LogP contribution in [0.2, 0.25) is 0 Å². The predicted octanol–water partition coefficient (Wildman–Crippen LogP) is 0.536. The number of nitrogens with one attached hydrogen (secondary N) is 3. The lowest BCUT2D eigenvalue weighted by Crippen LogP contribution is -2.31. The zero-order valence-electron chi connectivity index (χ0n) is 11.4. The fraction of sp³-hybridized carbons (Fsp3) is 0.417. The van der Waals surface area contributed by atoms with Crippen molar-refractivity contribution in [3.63, 3.8) is 0 Å². The minimum Gasteiger partial charge on any atom is -0.351 e. The molecular weight excluding hydrogens is 285 g/mol. The first kappa shape index (κ1) is 16.4. The lowest BCUT2D eigenvalue weighted by Gasteiger charge is -2.09. The molecule has 0 atom stereocenters. The summed E-state index contributed by atoms with van der Waals surface area (Å²) in [6.45, 7) is 3.80. The Balaban J connectivity index is 2.76. The molecule has 0 fully saturated rings. The number of anilines is 1. The highest BCUT2D eigenvalue weighted by molar-refractivity contribution is 7.92. The molecule has 0 spiro atoms. The minimum absolute atomic E-state index is 0.189. The first-order valence-electron chi connectivity index (χ1n) is 6.09. The number of likely N-dealkylation sites (N-methyl/N-ethyl adjacent to an activating group) is 1. The van der Waals surface area contributed by atoms with Gasteiger partial charge in [-0.1, -0.05) is 6.92 Å². The molecule has 112 valence electrons. The van der Waals surface area contributed by atoms with Crippen molar-refractivity contribution in [2.45, 2.75) is 6.92 Å². The average molecular weight is 303 g/mol. The van der Waals surface area contributed by atoms with E-state index in [0.717, 1.165) is 18.9 Å². The van der Waals surface area contributed by atoms with Gasteiger partial charge in [0.15, 0.2) is 0 Å². The molecule has 0 saturated carbocycles. The van der Waals surface area contributed by atoms with Crippen LogP contribution < -0.4 is 15.4 Å². The number of hydrogen-bond acceptors (Lipinski definition) is 4. The van der Waals surface area contributed by atoms with Gasteiger partial charge >= 0.3 is 0 Å². The Morgan fingerprint density at radius 2 is 2.00 bits per heavy atom. The summed E-state index contributed by atoms with van der Waals surface area (Å²) in [5.74, 6) is -1.13. The first-order chi connectivity index (χ1) is 9.33. The van der Waals surface area contributed by atoms with Crippen LogP contribution in [0.3, 0.4) is 0 Å². The molecule has 0 unspecified atom stereocenters. The second-order valence-corrected chi connectivity index (χ2v) is 5.93. The molecule has 1 aromatic carbocycles. The van der Waals surface area contributed by atoms with E-state index < -0.39 is 15.8 Å². The van der Waals surface area contributed by atoms with Gasteiger partial charge in [-0.2, -0.15) is 0 Å². The number of carbonyl (C=O) groups is 1. The van der Waals surface area contributed by atoms with Crippen LogP contribution in [0.5, 0.6) is 0 Å². The standard InChI is InChI=1S/C12H18FN3O3S/c1-3-14-6-7-15-12(17)9-4-5-10(13)11(8-9)16-20(2,18)19/h4-5,8,14,16H,3,6-7H2,1-2H3,(H,15,17). The van der Waals surface area contributed by atoms with Crippen molar-refractivity contribution in [1.82, 2.24) is 10.6 Å². The van der Waals surface area contributed by atoms with E-state index in [2.05, 4.69) is 10.6 Å². The van der Waals surface area contributed by atoms with E-state index in [-0.39, 0.29) is 17.2 Å². The Labute approximate surface area is 117 Å². The fourth-order valence-corrected chi connectivity index (χ4v) is 2.04. The number of amides is 1. The summed E-state index contributed by atoms with van der Waals surface area (Å²) in [5.41, 5.74) is -0.0547. The molecule has 0 aliphatic heterocycles. The van der Waals surface area contributed by atoms with E-state index in [1.54, 1.807) is 0 Å². The molecule has 0 aromatic heterocycles. The van der Waals surface area contributed by atoms with E-state index in [1.165, 1.54) is 12.1 Å². The smallest absolute Gasteiger partial charge is 0.251 e. The summed E-state index contributed by atoms with van der Waals surface area (Å²) in [4.78, 5) is 11.8.